The van der Waals surface area contributed by atoms with Gasteiger partial charge in [0.1, 0.15) is 15.8 Å². The topological polar surface area (TPSA) is 25.8 Å². The summed E-state index contributed by atoms with van der Waals surface area (Å²) in [4.78, 5) is 0. The lowest BCUT2D eigenvalue weighted by Crippen LogP contribution is -1.84. The predicted molar refractivity (Wildman–Crippen MR) is 72.4 cm³/mol. The number of alkyl halides is 1. The van der Waals surface area contributed by atoms with Crippen LogP contribution in [0.5, 0.6) is 0 Å². The molecule has 0 saturated heterocycles. The molecule has 0 N–H and O–H groups in total. The van der Waals surface area contributed by atoms with E-state index in [1.165, 1.54) is 23.5 Å². The molecule has 0 radical (unpaired) electrons. The molecule has 0 amide bonds. The fourth-order valence-corrected chi connectivity index (χ4v) is 3.29. The van der Waals surface area contributed by atoms with Crippen LogP contribution >= 0.6 is 45.5 Å². The van der Waals surface area contributed by atoms with Crippen LogP contribution < -0.4 is 0 Å². The first-order chi connectivity index (χ1) is 7.70. The summed E-state index contributed by atoms with van der Waals surface area (Å²) in [6.45, 7) is 0. The lowest BCUT2D eigenvalue weighted by Gasteiger charge is -1.98. The zero-order valence-electron chi connectivity index (χ0n) is 8.08. The van der Waals surface area contributed by atoms with E-state index in [-0.39, 0.29) is 5.82 Å². The summed E-state index contributed by atoms with van der Waals surface area (Å²) in [5.41, 5.74) is 0.917. The minimum absolute atomic E-state index is 0.237. The number of nitrogens with zero attached hydrogens (tertiary/aromatic N) is 2. The van der Waals surface area contributed by atoms with E-state index >= 15 is 0 Å². The molecule has 84 valence electrons. The largest absolute Gasteiger partial charge is 0.207 e. The number of aromatic nitrogens is 2. The van der Waals surface area contributed by atoms with E-state index in [1.807, 2.05) is 0 Å². The highest BCUT2D eigenvalue weighted by atomic mass is 127. The van der Waals surface area contributed by atoms with Crippen LogP contribution in [-0.4, -0.2) is 16.1 Å². The number of hydrogen-bond acceptors (Lipinski definition) is 3. The van der Waals surface area contributed by atoms with Crippen molar-refractivity contribution < 1.29 is 4.39 Å². The Morgan fingerprint density at radius 3 is 2.88 bits per heavy atom. The maximum Gasteiger partial charge on any atom is 0.148 e. The van der Waals surface area contributed by atoms with Crippen LogP contribution in [0.4, 0.5) is 4.39 Å². The van der Waals surface area contributed by atoms with Crippen molar-refractivity contribution in [1.82, 2.24) is 10.2 Å². The van der Waals surface area contributed by atoms with E-state index in [0.29, 0.717) is 5.88 Å². The quantitative estimate of drug-likeness (QED) is 0.609. The van der Waals surface area contributed by atoms with Gasteiger partial charge in [0.25, 0.3) is 0 Å². The van der Waals surface area contributed by atoms with Gasteiger partial charge in [-0.2, -0.15) is 0 Å². The van der Waals surface area contributed by atoms with Crippen molar-refractivity contribution in [3.8, 4) is 10.6 Å². The fraction of sp³-hybridized carbons (Fsp3) is 0.200. The Kier molecular flexibility index (Phi) is 4.10. The molecule has 0 fully saturated rings. The summed E-state index contributed by atoms with van der Waals surface area (Å²) >= 11 is 9.22. The third-order valence-corrected chi connectivity index (χ3v) is 4.03. The third-order valence-electron chi connectivity index (χ3n) is 1.94. The summed E-state index contributed by atoms with van der Waals surface area (Å²) in [7, 11) is 0. The van der Waals surface area contributed by atoms with Crippen molar-refractivity contribution in [2.24, 2.45) is 0 Å². The Morgan fingerprint density at radius 1 is 1.38 bits per heavy atom. The number of rotatable bonds is 3. The van der Waals surface area contributed by atoms with E-state index in [0.717, 1.165) is 25.6 Å². The normalized spacial score (nSPS) is 10.7. The van der Waals surface area contributed by atoms with Gasteiger partial charge in [-0.15, -0.1) is 21.8 Å². The molecular formula is C10H7ClFIN2S. The van der Waals surface area contributed by atoms with Crippen LogP contribution in [0.25, 0.3) is 10.6 Å². The van der Waals surface area contributed by atoms with Gasteiger partial charge in [0, 0.05) is 21.4 Å². The average Bonchev–Trinajstić information content (AvgIpc) is 2.67. The van der Waals surface area contributed by atoms with Gasteiger partial charge in [-0.3, -0.25) is 0 Å². The lowest BCUT2D eigenvalue weighted by molar-refractivity contribution is 0.627. The molecule has 16 heavy (non-hydrogen) atoms. The zero-order valence-corrected chi connectivity index (χ0v) is 11.8. The summed E-state index contributed by atoms with van der Waals surface area (Å²) in [5, 5.41) is 9.83. The van der Waals surface area contributed by atoms with Crippen molar-refractivity contribution in [2.75, 3.05) is 5.88 Å². The van der Waals surface area contributed by atoms with Crippen molar-refractivity contribution in [2.45, 2.75) is 6.42 Å². The molecule has 0 aliphatic rings. The third kappa shape index (κ3) is 2.70. The second-order valence-electron chi connectivity index (χ2n) is 3.06. The fourth-order valence-electron chi connectivity index (χ4n) is 1.21. The molecule has 0 bridgehead atoms. The van der Waals surface area contributed by atoms with Crippen LogP contribution in [-0.2, 0) is 6.42 Å². The van der Waals surface area contributed by atoms with Gasteiger partial charge in [-0.25, -0.2) is 4.39 Å². The number of hydrogen-bond donors (Lipinski definition) is 0. The monoisotopic (exact) mass is 368 g/mol. The molecule has 2 rings (SSSR count). The van der Waals surface area contributed by atoms with Crippen LogP contribution in [0.2, 0.25) is 0 Å². The van der Waals surface area contributed by atoms with E-state index < -0.39 is 0 Å². The van der Waals surface area contributed by atoms with Crippen molar-refractivity contribution in [3.63, 3.8) is 0 Å². The van der Waals surface area contributed by atoms with Gasteiger partial charge in [0.15, 0.2) is 0 Å². The molecule has 6 heteroatoms. The van der Waals surface area contributed by atoms with E-state index in [1.54, 1.807) is 6.07 Å². The highest BCUT2D eigenvalue weighted by molar-refractivity contribution is 14.1. The zero-order chi connectivity index (χ0) is 11.5. The SMILES string of the molecule is Fc1ccc(-c2nnc(CCCl)s2)c(I)c1. The van der Waals surface area contributed by atoms with Crippen molar-refractivity contribution in [3.05, 3.63) is 32.6 Å². The first kappa shape index (κ1) is 12.2. The predicted octanol–water partition coefficient (Wildman–Crippen LogP) is 3.73. The summed E-state index contributed by atoms with van der Waals surface area (Å²) in [6.07, 6.45) is 0.719. The maximum atomic E-state index is 12.9. The first-order valence-electron chi connectivity index (χ1n) is 4.54. The second kappa shape index (κ2) is 5.37. The Labute approximate surface area is 115 Å². The van der Waals surface area contributed by atoms with Gasteiger partial charge in [-0.05, 0) is 40.8 Å². The molecule has 0 unspecified atom stereocenters. The molecule has 0 saturated carbocycles. The first-order valence-corrected chi connectivity index (χ1v) is 6.97. The van der Waals surface area contributed by atoms with E-state index in [9.17, 15) is 4.39 Å². The molecule has 0 atom stereocenters. The van der Waals surface area contributed by atoms with Gasteiger partial charge >= 0.3 is 0 Å². The summed E-state index contributed by atoms with van der Waals surface area (Å²) in [6, 6.07) is 4.64. The van der Waals surface area contributed by atoms with Crippen LogP contribution in [0, 0.1) is 9.39 Å². The molecule has 1 aromatic carbocycles. The number of aryl methyl sites for hydroxylation is 1. The molecule has 0 spiro atoms. The van der Waals surface area contributed by atoms with Gasteiger partial charge < -0.3 is 0 Å². The smallest absolute Gasteiger partial charge is 0.148 e. The number of benzene rings is 1. The molecule has 1 aromatic heterocycles. The van der Waals surface area contributed by atoms with Gasteiger partial charge in [0.05, 0.1) is 0 Å². The van der Waals surface area contributed by atoms with E-state index in [4.69, 9.17) is 11.6 Å². The van der Waals surface area contributed by atoms with Crippen LogP contribution in [0.15, 0.2) is 18.2 Å². The van der Waals surface area contributed by atoms with Crippen LogP contribution in [0.1, 0.15) is 5.01 Å². The highest BCUT2D eigenvalue weighted by Crippen LogP contribution is 2.28. The van der Waals surface area contributed by atoms with Gasteiger partial charge in [0.2, 0.25) is 0 Å². The molecule has 1 heterocycles. The minimum atomic E-state index is -0.237. The number of halogens is 3. The lowest BCUT2D eigenvalue weighted by atomic mass is 10.2. The maximum absolute atomic E-state index is 12.9. The summed E-state index contributed by atoms with van der Waals surface area (Å²) < 4.78 is 13.8. The Morgan fingerprint density at radius 2 is 2.19 bits per heavy atom. The molecular weight excluding hydrogens is 362 g/mol. The Bertz CT molecular complexity index is 503. The second-order valence-corrected chi connectivity index (χ2v) is 5.67. The average molecular weight is 369 g/mol. The van der Waals surface area contributed by atoms with Gasteiger partial charge in [-0.1, -0.05) is 11.3 Å². The Balaban J connectivity index is 2.35. The van der Waals surface area contributed by atoms with Crippen LogP contribution in [0.3, 0.4) is 0 Å². The van der Waals surface area contributed by atoms with E-state index in [2.05, 4.69) is 32.8 Å². The van der Waals surface area contributed by atoms with Crippen molar-refractivity contribution in [1.29, 1.82) is 0 Å². The molecule has 2 nitrogen and oxygen atoms in total. The highest BCUT2D eigenvalue weighted by Gasteiger charge is 2.10. The molecule has 0 aliphatic heterocycles. The molecule has 2 aromatic rings. The molecule has 0 aliphatic carbocycles. The minimum Gasteiger partial charge on any atom is -0.207 e. The standard InChI is InChI=1S/C10H7ClFIN2S/c11-4-3-9-14-15-10(16-9)7-2-1-6(12)5-8(7)13/h1-2,5H,3-4H2. The van der Waals surface area contributed by atoms with Crippen molar-refractivity contribution >= 4 is 45.5 Å². The summed E-state index contributed by atoms with van der Waals surface area (Å²) in [5.74, 6) is 0.299. The Hall–Kier alpha value is -0.270.